The van der Waals surface area contributed by atoms with E-state index in [1.165, 1.54) is 36.6 Å². The van der Waals surface area contributed by atoms with Crippen LogP contribution in [-0.2, 0) is 0 Å². The fourth-order valence-electron chi connectivity index (χ4n) is 2.09. The number of anilines is 1. The van der Waals surface area contributed by atoms with Gasteiger partial charge in [-0.15, -0.1) is 0 Å². The van der Waals surface area contributed by atoms with Gasteiger partial charge in [-0.25, -0.2) is 4.39 Å². The minimum absolute atomic E-state index is 0.293. The van der Waals surface area contributed by atoms with Crippen LogP contribution in [0.25, 0.3) is 0 Å². The molecule has 0 radical (unpaired) electrons. The molecule has 2 aromatic rings. The van der Waals surface area contributed by atoms with Crippen LogP contribution in [0.1, 0.15) is 34.7 Å². The van der Waals surface area contributed by atoms with Crippen LogP contribution in [0.4, 0.5) is 10.1 Å². The topological polar surface area (TPSA) is 29.1 Å². The molecule has 96 valence electrons. The first-order valence-corrected chi connectivity index (χ1v) is 6.39. The van der Waals surface area contributed by atoms with Crippen LogP contribution in [0.3, 0.4) is 0 Å². The molecule has 19 heavy (non-hydrogen) atoms. The Morgan fingerprint density at radius 1 is 1.11 bits per heavy atom. The third-order valence-corrected chi connectivity index (χ3v) is 3.30. The standard InChI is InChI=1S/C16H14FNO/c17-14-3-1-2-13(10-14)16(19)18-15-8-6-12(7-9-15)11-4-5-11/h1-3,6-11H,4-5H2,(H,18,19). The summed E-state index contributed by atoms with van der Waals surface area (Å²) in [4.78, 5) is 11.9. The van der Waals surface area contributed by atoms with Gasteiger partial charge >= 0.3 is 0 Å². The van der Waals surface area contributed by atoms with E-state index in [0.29, 0.717) is 11.5 Å². The van der Waals surface area contributed by atoms with Crippen LogP contribution in [0.5, 0.6) is 0 Å². The molecule has 0 unspecified atom stereocenters. The number of amides is 1. The highest BCUT2D eigenvalue weighted by Gasteiger charge is 2.22. The average Bonchev–Trinajstić information content (AvgIpc) is 3.24. The van der Waals surface area contributed by atoms with E-state index in [-0.39, 0.29) is 5.91 Å². The Balaban J connectivity index is 1.71. The molecule has 1 aliphatic carbocycles. The van der Waals surface area contributed by atoms with E-state index in [4.69, 9.17) is 0 Å². The number of halogens is 1. The van der Waals surface area contributed by atoms with Crippen LogP contribution in [-0.4, -0.2) is 5.91 Å². The Morgan fingerprint density at radius 2 is 1.84 bits per heavy atom. The number of hydrogen-bond donors (Lipinski definition) is 1. The predicted octanol–water partition coefficient (Wildman–Crippen LogP) is 3.96. The molecule has 0 saturated heterocycles. The van der Waals surface area contributed by atoms with Crippen molar-refractivity contribution in [2.45, 2.75) is 18.8 Å². The molecule has 0 aliphatic heterocycles. The molecule has 1 fully saturated rings. The van der Waals surface area contributed by atoms with Crippen molar-refractivity contribution in [3.8, 4) is 0 Å². The first kappa shape index (κ1) is 11.9. The summed E-state index contributed by atoms with van der Waals surface area (Å²) in [6.45, 7) is 0. The van der Waals surface area contributed by atoms with E-state index in [1.54, 1.807) is 6.07 Å². The van der Waals surface area contributed by atoms with Crippen molar-refractivity contribution in [1.82, 2.24) is 0 Å². The smallest absolute Gasteiger partial charge is 0.255 e. The SMILES string of the molecule is O=C(Nc1ccc(C2CC2)cc1)c1cccc(F)c1. The Kier molecular flexibility index (Phi) is 3.03. The van der Waals surface area contributed by atoms with Gasteiger partial charge in [0.2, 0.25) is 0 Å². The van der Waals surface area contributed by atoms with E-state index in [9.17, 15) is 9.18 Å². The molecule has 3 heteroatoms. The van der Waals surface area contributed by atoms with Gasteiger partial charge in [0, 0.05) is 11.3 Å². The molecule has 0 spiro atoms. The van der Waals surface area contributed by atoms with Crippen LogP contribution in [0, 0.1) is 5.82 Å². The summed E-state index contributed by atoms with van der Waals surface area (Å²) in [5.74, 6) is 0.00312. The second-order valence-corrected chi connectivity index (χ2v) is 4.86. The van der Waals surface area contributed by atoms with Gasteiger partial charge in [0.15, 0.2) is 0 Å². The lowest BCUT2D eigenvalue weighted by molar-refractivity contribution is 0.102. The number of nitrogens with one attached hydrogen (secondary N) is 1. The summed E-state index contributed by atoms with van der Waals surface area (Å²) in [6.07, 6.45) is 2.52. The molecule has 3 rings (SSSR count). The van der Waals surface area contributed by atoms with E-state index in [0.717, 1.165) is 5.69 Å². The summed E-state index contributed by atoms with van der Waals surface area (Å²) in [5.41, 5.74) is 2.38. The largest absolute Gasteiger partial charge is 0.322 e. The number of rotatable bonds is 3. The summed E-state index contributed by atoms with van der Waals surface area (Å²) >= 11 is 0. The lowest BCUT2D eigenvalue weighted by atomic mass is 10.1. The van der Waals surface area contributed by atoms with Gasteiger partial charge in [-0.2, -0.15) is 0 Å². The molecule has 1 amide bonds. The minimum Gasteiger partial charge on any atom is -0.322 e. The molecule has 0 aromatic heterocycles. The zero-order valence-electron chi connectivity index (χ0n) is 10.4. The molecular formula is C16H14FNO. The zero-order valence-corrected chi connectivity index (χ0v) is 10.4. The molecule has 0 bridgehead atoms. The van der Waals surface area contributed by atoms with Crippen molar-refractivity contribution in [3.63, 3.8) is 0 Å². The quantitative estimate of drug-likeness (QED) is 0.883. The van der Waals surface area contributed by atoms with Crippen molar-refractivity contribution >= 4 is 11.6 Å². The van der Waals surface area contributed by atoms with Crippen LogP contribution >= 0.6 is 0 Å². The van der Waals surface area contributed by atoms with Gasteiger partial charge in [-0.1, -0.05) is 18.2 Å². The number of carbonyl (C=O) groups is 1. The zero-order chi connectivity index (χ0) is 13.2. The monoisotopic (exact) mass is 255 g/mol. The van der Waals surface area contributed by atoms with Gasteiger partial charge in [-0.3, -0.25) is 4.79 Å². The van der Waals surface area contributed by atoms with Crippen molar-refractivity contribution in [3.05, 3.63) is 65.5 Å². The van der Waals surface area contributed by atoms with E-state index >= 15 is 0 Å². The number of benzene rings is 2. The lowest BCUT2D eigenvalue weighted by Crippen LogP contribution is -2.11. The second-order valence-electron chi connectivity index (χ2n) is 4.86. The van der Waals surface area contributed by atoms with E-state index in [2.05, 4.69) is 5.32 Å². The third kappa shape index (κ3) is 2.81. The van der Waals surface area contributed by atoms with E-state index < -0.39 is 5.82 Å². The predicted molar refractivity (Wildman–Crippen MR) is 72.8 cm³/mol. The molecule has 1 saturated carbocycles. The van der Waals surface area contributed by atoms with Crippen LogP contribution in [0.15, 0.2) is 48.5 Å². The molecule has 2 nitrogen and oxygen atoms in total. The highest BCUT2D eigenvalue weighted by atomic mass is 19.1. The summed E-state index contributed by atoms with van der Waals surface area (Å²) in [6, 6.07) is 13.5. The highest BCUT2D eigenvalue weighted by molar-refractivity contribution is 6.04. The molecule has 1 N–H and O–H groups in total. The van der Waals surface area contributed by atoms with Gasteiger partial charge in [-0.05, 0) is 54.7 Å². The number of carbonyl (C=O) groups excluding carboxylic acids is 1. The maximum Gasteiger partial charge on any atom is 0.255 e. The molecule has 1 aliphatic rings. The Bertz CT molecular complexity index is 602. The lowest BCUT2D eigenvalue weighted by Gasteiger charge is -2.06. The third-order valence-electron chi connectivity index (χ3n) is 3.30. The van der Waals surface area contributed by atoms with Crippen molar-refractivity contribution in [2.24, 2.45) is 0 Å². The van der Waals surface area contributed by atoms with Crippen LogP contribution in [0.2, 0.25) is 0 Å². The summed E-state index contributed by atoms with van der Waals surface area (Å²) in [5, 5.41) is 2.77. The Morgan fingerprint density at radius 3 is 2.47 bits per heavy atom. The van der Waals surface area contributed by atoms with Gasteiger partial charge < -0.3 is 5.32 Å². The molecule has 0 heterocycles. The number of hydrogen-bond acceptors (Lipinski definition) is 1. The first-order chi connectivity index (χ1) is 9.22. The normalized spacial score (nSPS) is 14.2. The fraction of sp³-hybridized carbons (Fsp3) is 0.188. The maximum atomic E-state index is 13.0. The van der Waals surface area contributed by atoms with Crippen molar-refractivity contribution in [2.75, 3.05) is 5.32 Å². The summed E-state index contributed by atoms with van der Waals surface area (Å²) < 4.78 is 13.0. The fourth-order valence-corrected chi connectivity index (χ4v) is 2.09. The Hall–Kier alpha value is -2.16. The molecule has 2 aromatic carbocycles. The Labute approximate surface area is 111 Å². The summed E-state index contributed by atoms with van der Waals surface area (Å²) in [7, 11) is 0. The molecule has 0 atom stereocenters. The minimum atomic E-state index is -0.406. The van der Waals surface area contributed by atoms with Gasteiger partial charge in [0.25, 0.3) is 5.91 Å². The second kappa shape index (κ2) is 4.84. The van der Waals surface area contributed by atoms with Gasteiger partial charge in [0.05, 0.1) is 0 Å². The van der Waals surface area contributed by atoms with Crippen molar-refractivity contribution in [1.29, 1.82) is 0 Å². The molecular weight excluding hydrogens is 241 g/mol. The maximum absolute atomic E-state index is 13.0. The van der Waals surface area contributed by atoms with Crippen LogP contribution < -0.4 is 5.32 Å². The van der Waals surface area contributed by atoms with E-state index in [1.807, 2.05) is 24.3 Å². The van der Waals surface area contributed by atoms with Crippen molar-refractivity contribution < 1.29 is 9.18 Å². The first-order valence-electron chi connectivity index (χ1n) is 6.39. The highest BCUT2D eigenvalue weighted by Crippen LogP contribution is 2.40. The van der Waals surface area contributed by atoms with Gasteiger partial charge in [0.1, 0.15) is 5.82 Å². The average molecular weight is 255 g/mol.